The van der Waals surface area contributed by atoms with E-state index in [4.69, 9.17) is 0 Å². The predicted octanol–water partition coefficient (Wildman–Crippen LogP) is 3.28. The van der Waals surface area contributed by atoms with E-state index in [1.54, 1.807) is 30.6 Å². The van der Waals surface area contributed by atoms with Crippen LogP contribution in [0.4, 0.5) is 5.69 Å². The van der Waals surface area contributed by atoms with Crippen LogP contribution in [0.1, 0.15) is 16.1 Å². The fourth-order valence-corrected chi connectivity index (χ4v) is 3.45. The van der Waals surface area contributed by atoms with E-state index >= 15 is 0 Å². The molecule has 2 aromatic heterocycles. The summed E-state index contributed by atoms with van der Waals surface area (Å²) in [7, 11) is 0. The molecule has 1 aromatic carbocycles. The van der Waals surface area contributed by atoms with Gasteiger partial charge in [-0.3, -0.25) is 19.9 Å². The van der Waals surface area contributed by atoms with Crippen molar-refractivity contribution in [3.8, 4) is 10.6 Å². The van der Waals surface area contributed by atoms with Crippen molar-refractivity contribution < 1.29 is 9.72 Å². The third-order valence-corrected chi connectivity index (χ3v) is 4.99. The van der Waals surface area contributed by atoms with Gasteiger partial charge in [-0.15, -0.1) is 11.3 Å². The van der Waals surface area contributed by atoms with E-state index in [1.165, 1.54) is 17.4 Å². The van der Waals surface area contributed by atoms with Crippen LogP contribution in [0.2, 0.25) is 0 Å². The first-order valence-electron chi connectivity index (χ1n) is 7.90. The average Bonchev–Trinajstić information content (AvgIpc) is 3.02. The zero-order valence-electron chi connectivity index (χ0n) is 14.0. The Balaban J connectivity index is 1.65. The van der Waals surface area contributed by atoms with E-state index in [-0.39, 0.29) is 18.0 Å². The summed E-state index contributed by atoms with van der Waals surface area (Å²) in [5.74, 6) is -0.268. The molecule has 0 bridgehead atoms. The van der Waals surface area contributed by atoms with Crippen molar-refractivity contribution in [1.82, 2.24) is 15.3 Å². The average molecular weight is 368 g/mol. The smallest absolute Gasteiger partial charge is 0.273 e. The number of amides is 1. The molecule has 1 N–H and O–H groups in total. The van der Waals surface area contributed by atoms with Gasteiger partial charge in [0.25, 0.3) is 5.69 Å². The molecule has 0 aliphatic rings. The summed E-state index contributed by atoms with van der Waals surface area (Å²) in [5, 5.41) is 14.7. The first-order chi connectivity index (χ1) is 12.5. The van der Waals surface area contributed by atoms with Gasteiger partial charge in [0.05, 0.1) is 23.6 Å². The molecule has 0 saturated carbocycles. The van der Waals surface area contributed by atoms with Gasteiger partial charge in [0.2, 0.25) is 5.91 Å². The van der Waals surface area contributed by atoms with Gasteiger partial charge in [-0.25, -0.2) is 4.98 Å². The minimum absolute atomic E-state index is 0.0372. The van der Waals surface area contributed by atoms with Gasteiger partial charge in [0, 0.05) is 34.5 Å². The molecule has 0 atom stereocenters. The summed E-state index contributed by atoms with van der Waals surface area (Å²) in [6.07, 6.45) is 3.41. The number of nitro benzene ring substituents is 1. The van der Waals surface area contributed by atoms with Gasteiger partial charge in [0.1, 0.15) is 5.01 Å². The number of carbonyl (C=O) groups excluding carboxylic acids is 1. The van der Waals surface area contributed by atoms with Crippen LogP contribution in [0.25, 0.3) is 10.6 Å². The van der Waals surface area contributed by atoms with Crippen molar-refractivity contribution in [2.24, 2.45) is 0 Å². The molecule has 0 unspecified atom stereocenters. The fourth-order valence-electron chi connectivity index (χ4n) is 2.46. The van der Waals surface area contributed by atoms with Crippen LogP contribution in [0.3, 0.4) is 0 Å². The maximum atomic E-state index is 12.2. The van der Waals surface area contributed by atoms with Crippen molar-refractivity contribution in [3.63, 3.8) is 0 Å². The SMILES string of the molecule is Cc1nc(-c2cccnc2)sc1CNC(=O)Cc1ccccc1[N+](=O)[O-]. The Kier molecular flexibility index (Phi) is 5.33. The number of benzene rings is 1. The molecule has 0 aliphatic carbocycles. The molecule has 3 rings (SSSR count). The molecule has 7 nitrogen and oxygen atoms in total. The summed E-state index contributed by atoms with van der Waals surface area (Å²) in [5.41, 5.74) is 2.13. The minimum Gasteiger partial charge on any atom is -0.351 e. The molecule has 0 aliphatic heterocycles. The van der Waals surface area contributed by atoms with E-state index in [0.717, 1.165) is 21.1 Å². The lowest BCUT2D eigenvalue weighted by Crippen LogP contribution is -2.24. The van der Waals surface area contributed by atoms with Crippen LogP contribution in [-0.2, 0) is 17.8 Å². The topological polar surface area (TPSA) is 98.0 Å². The Morgan fingerprint density at radius 3 is 2.81 bits per heavy atom. The molecule has 8 heteroatoms. The number of nitrogens with zero attached hydrogens (tertiary/aromatic N) is 3. The Labute approximate surface area is 153 Å². The van der Waals surface area contributed by atoms with Crippen molar-refractivity contribution in [2.75, 3.05) is 0 Å². The van der Waals surface area contributed by atoms with Crippen LogP contribution < -0.4 is 5.32 Å². The first-order valence-corrected chi connectivity index (χ1v) is 8.72. The van der Waals surface area contributed by atoms with Crippen LogP contribution >= 0.6 is 11.3 Å². The van der Waals surface area contributed by atoms with Crippen LogP contribution in [-0.4, -0.2) is 20.8 Å². The molecule has 0 spiro atoms. The molecule has 132 valence electrons. The van der Waals surface area contributed by atoms with Gasteiger partial charge >= 0.3 is 0 Å². The number of pyridine rings is 1. The fraction of sp³-hybridized carbons (Fsp3) is 0.167. The Morgan fingerprint density at radius 1 is 1.27 bits per heavy atom. The molecule has 1 amide bonds. The Morgan fingerprint density at radius 2 is 2.08 bits per heavy atom. The lowest BCUT2D eigenvalue weighted by atomic mass is 10.1. The number of aromatic nitrogens is 2. The number of para-hydroxylation sites is 1. The van der Waals surface area contributed by atoms with E-state index in [9.17, 15) is 14.9 Å². The van der Waals surface area contributed by atoms with Gasteiger partial charge in [-0.2, -0.15) is 0 Å². The normalized spacial score (nSPS) is 10.5. The maximum absolute atomic E-state index is 12.2. The molecular weight excluding hydrogens is 352 g/mol. The largest absolute Gasteiger partial charge is 0.351 e. The quantitative estimate of drug-likeness (QED) is 0.532. The third kappa shape index (κ3) is 4.09. The Hall–Kier alpha value is -3.13. The highest BCUT2D eigenvalue weighted by Gasteiger charge is 2.16. The monoisotopic (exact) mass is 368 g/mol. The van der Waals surface area contributed by atoms with E-state index < -0.39 is 4.92 Å². The highest BCUT2D eigenvalue weighted by Crippen LogP contribution is 2.27. The number of aryl methyl sites for hydroxylation is 1. The van der Waals surface area contributed by atoms with E-state index in [1.807, 2.05) is 19.1 Å². The molecule has 0 radical (unpaired) electrons. The highest BCUT2D eigenvalue weighted by molar-refractivity contribution is 7.15. The van der Waals surface area contributed by atoms with E-state index in [0.29, 0.717) is 12.1 Å². The van der Waals surface area contributed by atoms with Crippen LogP contribution in [0, 0.1) is 17.0 Å². The van der Waals surface area contributed by atoms with Gasteiger partial charge in [-0.1, -0.05) is 18.2 Å². The zero-order chi connectivity index (χ0) is 18.5. The molecule has 0 saturated heterocycles. The second-order valence-electron chi connectivity index (χ2n) is 5.61. The molecule has 3 aromatic rings. The van der Waals surface area contributed by atoms with Gasteiger partial charge < -0.3 is 5.32 Å². The van der Waals surface area contributed by atoms with Crippen molar-refractivity contribution in [2.45, 2.75) is 19.9 Å². The third-order valence-electron chi connectivity index (χ3n) is 3.79. The van der Waals surface area contributed by atoms with Crippen LogP contribution in [0.15, 0.2) is 48.8 Å². The standard InChI is InChI=1S/C18H16N4O3S/c1-12-16(26-18(21-12)14-6-4-8-19-10-14)11-20-17(23)9-13-5-2-3-7-15(13)22(24)25/h2-8,10H,9,11H2,1H3,(H,20,23). The van der Waals surface area contributed by atoms with Crippen molar-refractivity contribution in [1.29, 1.82) is 0 Å². The van der Waals surface area contributed by atoms with Gasteiger partial charge in [0.15, 0.2) is 0 Å². The number of nitro groups is 1. The zero-order valence-corrected chi connectivity index (χ0v) is 14.8. The lowest BCUT2D eigenvalue weighted by Gasteiger charge is -2.05. The molecular formula is C18H16N4O3S. The van der Waals surface area contributed by atoms with Crippen LogP contribution in [0.5, 0.6) is 0 Å². The number of hydrogen-bond donors (Lipinski definition) is 1. The number of carbonyl (C=O) groups is 1. The van der Waals surface area contributed by atoms with E-state index in [2.05, 4.69) is 15.3 Å². The Bertz CT molecular complexity index is 941. The van der Waals surface area contributed by atoms with Gasteiger partial charge in [-0.05, 0) is 19.1 Å². The number of thiazole rings is 1. The number of nitrogens with one attached hydrogen (secondary N) is 1. The maximum Gasteiger partial charge on any atom is 0.273 e. The minimum atomic E-state index is -0.476. The molecule has 0 fully saturated rings. The summed E-state index contributed by atoms with van der Waals surface area (Å²) in [4.78, 5) is 32.3. The molecule has 26 heavy (non-hydrogen) atoms. The highest BCUT2D eigenvalue weighted by atomic mass is 32.1. The lowest BCUT2D eigenvalue weighted by molar-refractivity contribution is -0.385. The number of rotatable bonds is 6. The van der Waals surface area contributed by atoms with Crippen molar-refractivity contribution in [3.05, 3.63) is 75.0 Å². The first kappa shape index (κ1) is 17.7. The summed E-state index contributed by atoms with van der Waals surface area (Å²) in [6.45, 7) is 2.23. The second kappa shape index (κ2) is 7.83. The second-order valence-corrected chi connectivity index (χ2v) is 6.69. The van der Waals surface area contributed by atoms with Crippen molar-refractivity contribution >= 4 is 22.9 Å². The number of hydrogen-bond acceptors (Lipinski definition) is 6. The summed E-state index contributed by atoms with van der Waals surface area (Å²) >= 11 is 1.49. The summed E-state index contributed by atoms with van der Waals surface area (Å²) < 4.78 is 0. The predicted molar refractivity (Wildman–Crippen MR) is 98.7 cm³/mol. The summed E-state index contributed by atoms with van der Waals surface area (Å²) in [6, 6.07) is 10.0. The molecule has 2 heterocycles.